The summed E-state index contributed by atoms with van der Waals surface area (Å²) in [6.45, 7) is 5.24. The molecule has 0 fully saturated rings. The maximum absolute atomic E-state index is 5.81. The van der Waals surface area contributed by atoms with Crippen molar-refractivity contribution in [2.24, 2.45) is 5.92 Å². The quantitative estimate of drug-likeness (QED) is 0.839. The van der Waals surface area contributed by atoms with Gasteiger partial charge in [0.2, 0.25) is 0 Å². The number of aromatic nitrogens is 1. The molecule has 0 saturated carbocycles. The first kappa shape index (κ1) is 11.1. The van der Waals surface area contributed by atoms with Gasteiger partial charge in [0.05, 0.1) is 10.7 Å². The SMILES string of the molecule is CC(C)CN(C)c1ncc(Cl)cc1N. The van der Waals surface area contributed by atoms with Crippen molar-refractivity contribution in [3.8, 4) is 0 Å². The van der Waals surface area contributed by atoms with Crippen molar-refractivity contribution >= 4 is 23.1 Å². The fraction of sp³-hybridized carbons (Fsp3) is 0.500. The molecule has 0 aliphatic carbocycles. The van der Waals surface area contributed by atoms with Crippen LogP contribution in [0, 0.1) is 5.92 Å². The normalized spacial score (nSPS) is 10.6. The lowest BCUT2D eigenvalue weighted by Gasteiger charge is -2.21. The minimum absolute atomic E-state index is 0.573. The van der Waals surface area contributed by atoms with Crippen LogP contribution in [0.5, 0.6) is 0 Å². The van der Waals surface area contributed by atoms with E-state index in [2.05, 4.69) is 18.8 Å². The number of hydrogen-bond donors (Lipinski definition) is 1. The Labute approximate surface area is 89.9 Å². The number of nitrogens with zero attached hydrogens (tertiary/aromatic N) is 2. The van der Waals surface area contributed by atoms with E-state index in [1.807, 2.05) is 11.9 Å². The fourth-order valence-corrected chi connectivity index (χ4v) is 1.57. The fourth-order valence-electron chi connectivity index (χ4n) is 1.40. The van der Waals surface area contributed by atoms with Crippen LogP contribution < -0.4 is 10.6 Å². The topological polar surface area (TPSA) is 42.2 Å². The molecule has 1 aromatic heterocycles. The maximum atomic E-state index is 5.81. The average molecular weight is 214 g/mol. The van der Waals surface area contributed by atoms with Crippen molar-refractivity contribution in [1.29, 1.82) is 0 Å². The summed E-state index contributed by atoms with van der Waals surface area (Å²) in [5.74, 6) is 1.37. The molecule has 0 aliphatic heterocycles. The van der Waals surface area contributed by atoms with Gasteiger partial charge in [-0.2, -0.15) is 0 Å². The van der Waals surface area contributed by atoms with E-state index in [1.54, 1.807) is 12.3 Å². The van der Waals surface area contributed by atoms with Crippen LogP contribution in [-0.2, 0) is 0 Å². The van der Waals surface area contributed by atoms with Gasteiger partial charge in [-0.25, -0.2) is 4.98 Å². The first-order valence-electron chi connectivity index (χ1n) is 4.63. The van der Waals surface area contributed by atoms with Crippen LogP contribution >= 0.6 is 11.6 Å². The predicted octanol–water partition coefficient (Wildman–Crippen LogP) is 2.41. The van der Waals surface area contributed by atoms with E-state index < -0.39 is 0 Å². The molecule has 0 radical (unpaired) electrons. The zero-order valence-electron chi connectivity index (χ0n) is 8.79. The Morgan fingerprint density at radius 3 is 2.71 bits per heavy atom. The highest BCUT2D eigenvalue weighted by Gasteiger charge is 2.08. The first-order chi connectivity index (χ1) is 6.50. The van der Waals surface area contributed by atoms with Crippen molar-refractivity contribution in [1.82, 2.24) is 4.98 Å². The van der Waals surface area contributed by atoms with Gasteiger partial charge in [-0.05, 0) is 12.0 Å². The summed E-state index contributed by atoms with van der Waals surface area (Å²) in [4.78, 5) is 6.24. The minimum atomic E-state index is 0.573. The molecule has 1 rings (SSSR count). The molecule has 0 atom stereocenters. The van der Waals surface area contributed by atoms with Crippen LogP contribution in [0.1, 0.15) is 13.8 Å². The Balaban J connectivity index is 2.84. The van der Waals surface area contributed by atoms with Crippen LogP contribution in [0.3, 0.4) is 0 Å². The van der Waals surface area contributed by atoms with E-state index in [4.69, 9.17) is 17.3 Å². The van der Waals surface area contributed by atoms with Crippen LogP contribution in [-0.4, -0.2) is 18.6 Å². The third kappa shape index (κ3) is 2.77. The van der Waals surface area contributed by atoms with E-state index in [9.17, 15) is 0 Å². The summed E-state index contributed by atoms with van der Waals surface area (Å²) in [6.07, 6.45) is 1.62. The monoisotopic (exact) mass is 213 g/mol. The zero-order valence-corrected chi connectivity index (χ0v) is 9.54. The molecule has 3 nitrogen and oxygen atoms in total. The Kier molecular flexibility index (Phi) is 3.58. The lowest BCUT2D eigenvalue weighted by Crippen LogP contribution is -2.24. The van der Waals surface area contributed by atoms with Gasteiger partial charge in [0.25, 0.3) is 0 Å². The van der Waals surface area contributed by atoms with E-state index in [0.717, 1.165) is 12.4 Å². The number of halogens is 1. The number of rotatable bonds is 3. The third-order valence-corrected chi connectivity index (χ3v) is 2.07. The molecule has 2 N–H and O–H groups in total. The molecule has 0 aromatic carbocycles. The molecule has 78 valence electrons. The van der Waals surface area contributed by atoms with Crippen LogP contribution in [0.2, 0.25) is 5.02 Å². The van der Waals surface area contributed by atoms with Gasteiger partial charge in [0.1, 0.15) is 0 Å². The van der Waals surface area contributed by atoms with Crippen molar-refractivity contribution in [3.05, 3.63) is 17.3 Å². The number of anilines is 2. The summed E-state index contributed by atoms with van der Waals surface area (Å²) >= 11 is 5.77. The Bertz CT molecular complexity index is 312. The van der Waals surface area contributed by atoms with Gasteiger partial charge in [0.15, 0.2) is 5.82 Å². The maximum Gasteiger partial charge on any atom is 0.151 e. The largest absolute Gasteiger partial charge is 0.396 e. The summed E-state index contributed by atoms with van der Waals surface area (Å²) < 4.78 is 0. The van der Waals surface area contributed by atoms with Gasteiger partial charge in [-0.1, -0.05) is 25.4 Å². The Morgan fingerprint density at radius 2 is 2.21 bits per heavy atom. The second kappa shape index (κ2) is 4.51. The average Bonchev–Trinajstić information content (AvgIpc) is 2.01. The molecule has 0 bridgehead atoms. The Hall–Kier alpha value is -0.960. The van der Waals surface area contributed by atoms with E-state index >= 15 is 0 Å². The van der Waals surface area contributed by atoms with Gasteiger partial charge >= 0.3 is 0 Å². The number of pyridine rings is 1. The highest BCUT2D eigenvalue weighted by molar-refractivity contribution is 6.30. The zero-order chi connectivity index (χ0) is 10.7. The van der Waals surface area contributed by atoms with E-state index in [0.29, 0.717) is 16.6 Å². The second-order valence-corrected chi connectivity index (χ2v) is 4.28. The lowest BCUT2D eigenvalue weighted by molar-refractivity contribution is 0.635. The number of hydrogen-bond acceptors (Lipinski definition) is 3. The summed E-state index contributed by atoms with van der Waals surface area (Å²) in [6, 6.07) is 1.72. The predicted molar refractivity (Wildman–Crippen MR) is 61.8 cm³/mol. The molecule has 14 heavy (non-hydrogen) atoms. The molecule has 0 saturated heterocycles. The second-order valence-electron chi connectivity index (χ2n) is 3.84. The molecule has 0 spiro atoms. The molecular weight excluding hydrogens is 198 g/mol. The Morgan fingerprint density at radius 1 is 1.57 bits per heavy atom. The molecule has 1 aromatic rings. The smallest absolute Gasteiger partial charge is 0.151 e. The standard InChI is InChI=1S/C10H16ClN3/c1-7(2)6-14(3)10-9(12)4-8(11)5-13-10/h4-5,7H,6,12H2,1-3H3. The minimum Gasteiger partial charge on any atom is -0.396 e. The summed E-state index contributed by atoms with van der Waals surface area (Å²) in [5.41, 5.74) is 6.44. The summed E-state index contributed by atoms with van der Waals surface area (Å²) in [5, 5.41) is 0.573. The van der Waals surface area contributed by atoms with Crippen LogP contribution in [0.25, 0.3) is 0 Å². The molecule has 1 heterocycles. The molecule has 4 heteroatoms. The number of nitrogen functional groups attached to an aromatic ring is 1. The van der Waals surface area contributed by atoms with Crippen molar-refractivity contribution in [2.45, 2.75) is 13.8 Å². The molecular formula is C10H16ClN3. The van der Waals surface area contributed by atoms with Gasteiger partial charge in [0, 0.05) is 19.8 Å². The highest BCUT2D eigenvalue weighted by Crippen LogP contribution is 2.22. The van der Waals surface area contributed by atoms with E-state index in [1.165, 1.54) is 0 Å². The van der Waals surface area contributed by atoms with Crippen molar-refractivity contribution in [2.75, 3.05) is 24.2 Å². The summed E-state index contributed by atoms with van der Waals surface area (Å²) in [7, 11) is 1.98. The highest BCUT2D eigenvalue weighted by atomic mass is 35.5. The van der Waals surface area contributed by atoms with Crippen LogP contribution in [0.15, 0.2) is 12.3 Å². The molecule has 0 aliphatic rings. The van der Waals surface area contributed by atoms with Crippen LogP contribution in [0.4, 0.5) is 11.5 Å². The number of nitrogens with two attached hydrogens (primary N) is 1. The van der Waals surface area contributed by atoms with Crippen molar-refractivity contribution in [3.63, 3.8) is 0 Å². The third-order valence-electron chi connectivity index (χ3n) is 1.86. The van der Waals surface area contributed by atoms with Gasteiger partial charge in [-0.15, -0.1) is 0 Å². The van der Waals surface area contributed by atoms with E-state index in [-0.39, 0.29) is 0 Å². The van der Waals surface area contributed by atoms with Gasteiger partial charge < -0.3 is 10.6 Å². The lowest BCUT2D eigenvalue weighted by atomic mass is 10.2. The van der Waals surface area contributed by atoms with Gasteiger partial charge in [-0.3, -0.25) is 0 Å². The molecule has 0 unspecified atom stereocenters. The molecule has 0 amide bonds. The first-order valence-corrected chi connectivity index (χ1v) is 5.00. The van der Waals surface area contributed by atoms with Crippen molar-refractivity contribution < 1.29 is 0 Å².